The number of β-amino-alcohol motifs (C(OH)–C–C–N with tert-alkyl or cyclic N) is 1. The molecule has 1 N–H and O–H groups in total. The second-order valence-electron chi connectivity index (χ2n) is 7.70. The van der Waals surface area contributed by atoms with E-state index in [-0.39, 0.29) is 18.5 Å². The van der Waals surface area contributed by atoms with Crippen molar-refractivity contribution in [2.24, 2.45) is 7.05 Å². The Morgan fingerprint density at radius 2 is 2.00 bits per heavy atom. The second-order valence-corrected chi connectivity index (χ2v) is 7.70. The summed E-state index contributed by atoms with van der Waals surface area (Å²) in [4.78, 5) is 7.29. The third kappa shape index (κ3) is 4.01. The largest absolute Gasteiger partial charge is 0.491 e. The van der Waals surface area contributed by atoms with Crippen LogP contribution in [0.3, 0.4) is 0 Å². The van der Waals surface area contributed by atoms with Gasteiger partial charge in [0, 0.05) is 19.3 Å². The number of imidazole rings is 1. The fourth-order valence-electron chi connectivity index (χ4n) is 4.39. The average Bonchev–Trinajstić information content (AvgIpc) is 3.26. The zero-order chi connectivity index (χ0) is 18.8. The summed E-state index contributed by atoms with van der Waals surface area (Å²) in [5.41, 5.74) is 2.66. The average molecular weight is 373 g/mol. The van der Waals surface area contributed by atoms with Crippen LogP contribution in [-0.4, -0.2) is 45.4 Å². The van der Waals surface area contributed by atoms with Crippen LogP contribution in [0.5, 0.6) is 5.75 Å². The molecule has 1 fully saturated rings. The van der Waals surface area contributed by atoms with E-state index in [1.165, 1.54) is 36.4 Å². The lowest BCUT2D eigenvalue weighted by Crippen LogP contribution is -2.36. The molecule has 0 bridgehead atoms. The van der Waals surface area contributed by atoms with Crippen molar-refractivity contribution in [1.29, 1.82) is 0 Å². The van der Waals surface area contributed by atoms with Crippen LogP contribution in [-0.2, 0) is 19.9 Å². The van der Waals surface area contributed by atoms with Crippen molar-refractivity contribution in [1.82, 2.24) is 14.5 Å². The summed E-state index contributed by atoms with van der Waals surface area (Å²) >= 11 is 0. The van der Waals surface area contributed by atoms with E-state index in [9.17, 15) is 9.50 Å². The Balaban J connectivity index is 1.38. The molecule has 0 spiro atoms. The summed E-state index contributed by atoms with van der Waals surface area (Å²) in [6, 6.07) is 6.15. The van der Waals surface area contributed by atoms with E-state index in [4.69, 9.17) is 9.72 Å². The van der Waals surface area contributed by atoms with Gasteiger partial charge in [0.05, 0.1) is 11.7 Å². The van der Waals surface area contributed by atoms with Gasteiger partial charge >= 0.3 is 0 Å². The lowest BCUT2D eigenvalue weighted by Gasteiger charge is -2.26. The van der Waals surface area contributed by atoms with Gasteiger partial charge in [0.15, 0.2) is 0 Å². The maximum absolute atomic E-state index is 13.0. The molecule has 2 aliphatic rings. The number of hydrogen-bond acceptors (Lipinski definition) is 4. The summed E-state index contributed by atoms with van der Waals surface area (Å²) in [5, 5.41) is 10.5. The van der Waals surface area contributed by atoms with Gasteiger partial charge in [-0.1, -0.05) is 0 Å². The zero-order valence-electron chi connectivity index (χ0n) is 15.9. The molecular formula is C21H28FN3O2. The van der Waals surface area contributed by atoms with Crippen LogP contribution >= 0.6 is 0 Å². The lowest BCUT2D eigenvalue weighted by atomic mass is 10.0. The highest BCUT2D eigenvalue weighted by molar-refractivity contribution is 5.23. The summed E-state index contributed by atoms with van der Waals surface area (Å²) in [7, 11) is 2.14. The minimum absolute atomic E-state index is 0.200. The molecule has 27 heavy (non-hydrogen) atoms. The van der Waals surface area contributed by atoms with E-state index in [0.717, 1.165) is 38.1 Å². The molecule has 146 valence electrons. The number of rotatable bonds is 6. The van der Waals surface area contributed by atoms with Gasteiger partial charge in [0.25, 0.3) is 0 Å². The van der Waals surface area contributed by atoms with Crippen LogP contribution in [0.1, 0.15) is 48.9 Å². The Labute approximate surface area is 159 Å². The Morgan fingerprint density at radius 1 is 1.22 bits per heavy atom. The maximum Gasteiger partial charge on any atom is 0.126 e. The van der Waals surface area contributed by atoms with Gasteiger partial charge in [-0.05, 0) is 69.3 Å². The van der Waals surface area contributed by atoms with Crippen LogP contribution in [0.25, 0.3) is 0 Å². The van der Waals surface area contributed by atoms with Crippen molar-refractivity contribution in [3.05, 3.63) is 47.3 Å². The second kappa shape index (κ2) is 7.98. The molecule has 5 nitrogen and oxygen atoms in total. The first-order chi connectivity index (χ1) is 13.1. The molecule has 0 saturated carbocycles. The van der Waals surface area contributed by atoms with Gasteiger partial charge < -0.3 is 14.4 Å². The van der Waals surface area contributed by atoms with Crippen LogP contribution < -0.4 is 4.74 Å². The minimum atomic E-state index is -0.592. The Morgan fingerprint density at radius 3 is 2.78 bits per heavy atom. The van der Waals surface area contributed by atoms with E-state index >= 15 is 0 Å². The van der Waals surface area contributed by atoms with Gasteiger partial charge in [-0.25, -0.2) is 9.37 Å². The van der Waals surface area contributed by atoms with E-state index in [1.54, 1.807) is 12.1 Å². The molecular weight excluding hydrogens is 345 g/mol. The minimum Gasteiger partial charge on any atom is -0.491 e. The zero-order valence-corrected chi connectivity index (χ0v) is 15.9. The predicted octanol–water partition coefficient (Wildman–Crippen LogP) is 3.01. The number of aryl methyl sites for hydroxylation is 1. The van der Waals surface area contributed by atoms with Gasteiger partial charge in [0.2, 0.25) is 0 Å². The summed E-state index contributed by atoms with van der Waals surface area (Å²) in [5.74, 6) is 1.43. The first-order valence-electron chi connectivity index (χ1n) is 9.96. The van der Waals surface area contributed by atoms with Crippen LogP contribution in [0.2, 0.25) is 0 Å². The Kier molecular flexibility index (Phi) is 5.45. The van der Waals surface area contributed by atoms with E-state index in [2.05, 4.69) is 16.5 Å². The number of likely N-dealkylation sites (tertiary alicyclic amines) is 1. The fraction of sp³-hybridized carbons (Fsp3) is 0.571. The number of ether oxygens (including phenoxy) is 1. The molecule has 1 aromatic carbocycles. The lowest BCUT2D eigenvalue weighted by molar-refractivity contribution is 0.0623. The topological polar surface area (TPSA) is 50.5 Å². The number of aromatic nitrogens is 2. The number of aliphatic hydroxyl groups excluding tert-OH is 1. The Hall–Kier alpha value is -1.92. The fourth-order valence-corrected chi connectivity index (χ4v) is 4.39. The first-order valence-corrected chi connectivity index (χ1v) is 9.96. The molecule has 2 heterocycles. The molecule has 0 amide bonds. The molecule has 6 heteroatoms. The smallest absolute Gasteiger partial charge is 0.126 e. The number of hydrogen-bond donors (Lipinski definition) is 1. The summed E-state index contributed by atoms with van der Waals surface area (Å²) in [6.07, 6.45) is 6.30. The molecule has 4 rings (SSSR count). The molecule has 1 aliphatic heterocycles. The summed E-state index contributed by atoms with van der Waals surface area (Å²) < 4.78 is 20.8. The quantitative estimate of drug-likeness (QED) is 0.846. The van der Waals surface area contributed by atoms with Gasteiger partial charge in [0.1, 0.15) is 30.1 Å². The van der Waals surface area contributed by atoms with Crippen molar-refractivity contribution in [3.8, 4) is 5.75 Å². The SMILES string of the molecule is Cn1c([C@H]2CCCN2C[C@@H](O)COc2ccc(F)cc2)nc2c1CCCC2. The molecule has 2 atom stereocenters. The number of fused-ring (bicyclic) bond motifs is 1. The number of nitrogens with zero attached hydrogens (tertiary/aromatic N) is 3. The molecule has 0 unspecified atom stereocenters. The third-order valence-electron chi connectivity index (χ3n) is 5.77. The van der Waals surface area contributed by atoms with Gasteiger partial charge in [-0.2, -0.15) is 0 Å². The third-order valence-corrected chi connectivity index (χ3v) is 5.77. The van der Waals surface area contributed by atoms with Crippen LogP contribution in [0.15, 0.2) is 24.3 Å². The molecule has 0 radical (unpaired) electrons. The van der Waals surface area contributed by atoms with Crippen LogP contribution in [0, 0.1) is 5.82 Å². The van der Waals surface area contributed by atoms with Crippen molar-refractivity contribution < 1.29 is 14.2 Å². The Bertz CT molecular complexity index is 774. The normalized spacial score (nSPS) is 21.2. The highest BCUT2D eigenvalue weighted by Gasteiger charge is 2.32. The molecule has 1 aromatic heterocycles. The van der Waals surface area contributed by atoms with E-state index < -0.39 is 6.10 Å². The van der Waals surface area contributed by atoms with Crippen molar-refractivity contribution >= 4 is 0 Å². The summed E-state index contributed by atoms with van der Waals surface area (Å²) in [6.45, 7) is 1.73. The van der Waals surface area contributed by atoms with Crippen LogP contribution in [0.4, 0.5) is 4.39 Å². The standard InChI is InChI=1S/C21H28FN3O2/c1-24-19-6-3-2-5-18(19)23-21(24)20-7-4-12-25(20)13-16(26)14-27-17-10-8-15(22)9-11-17/h8-11,16,20,26H,2-7,12-14H2,1H3/t16-,20-/m1/s1. The molecule has 1 aliphatic carbocycles. The highest BCUT2D eigenvalue weighted by Crippen LogP contribution is 2.33. The van der Waals surface area contributed by atoms with Gasteiger partial charge in [-0.3, -0.25) is 4.90 Å². The molecule has 1 saturated heterocycles. The molecule has 2 aromatic rings. The predicted molar refractivity (Wildman–Crippen MR) is 101 cm³/mol. The van der Waals surface area contributed by atoms with Crippen molar-refractivity contribution in [2.75, 3.05) is 19.7 Å². The van der Waals surface area contributed by atoms with E-state index in [0.29, 0.717) is 12.3 Å². The maximum atomic E-state index is 13.0. The monoisotopic (exact) mass is 373 g/mol. The van der Waals surface area contributed by atoms with Gasteiger partial charge in [-0.15, -0.1) is 0 Å². The van der Waals surface area contributed by atoms with Crippen molar-refractivity contribution in [3.63, 3.8) is 0 Å². The first kappa shape index (κ1) is 18.4. The highest BCUT2D eigenvalue weighted by atomic mass is 19.1. The number of halogens is 1. The number of benzene rings is 1. The van der Waals surface area contributed by atoms with E-state index in [1.807, 2.05) is 0 Å². The number of aliphatic hydroxyl groups is 1. The van der Waals surface area contributed by atoms with Crippen molar-refractivity contribution in [2.45, 2.75) is 50.7 Å².